The van der Waals surface area contributed by atoms with Gasteiger partial charge < -0.3 is 15.5 Å². The topological polar surface area (TPSA) is 115 Å². The largest absolute Gasteiger partial charge is 0.418 e. The fraction of sp³-hybridized carbons (Fsp3) is 0.321. The maximum absolute atomic E-state index is 13.2. The zero-order valence-corrected chi connectivity index (χ0v) is 22.0. The number of nitrogens with one attached hydrogen (secondary N) is 3. The van der Waals surface area contributed by atoms with Crippen LogP contribution < -0.4 is 15.5 Å². The van der Waals surface area contributed by atoms with E-state index in [1.54, 1.807) is 18.3 Å². The van der Waals surface area contributed by atoms with Crippen molar-refractivity contribution in [1.82, 2.24) is 30.0 Å². The Balaban J connectivity index is 1.00. The molecule has 1 aliphatic carbocycles. The monoisotopic (exact) mass is 563 g/mol. The van der Waals surface area contributed by atoms with Crippen molar-refractivity contribution in [3.05, 3.63) is 83.4 Å². The number of hydrogen-bond acceptors (Lipinski definition) is 8. The van der Waals surface area contributed by atoms with Gasteiger partial charge in [-0.1, -0.05) is 12.1 Å². The van der Waals surface area contributed by atoms with E-state index < -0.39 is 23.3 Å². The lowest BCUT2D eigenvalue weighted by Crippen LogP contribution is -2.46. The maximum atomic E-state index is 13.2. The molecular formula is C28H28F3N9O. The van der Waals surface area contributed by atoms with Gasteiger partial charge in [0.05, 0.1) is 5.56 Å². The predicted molar refractivity (Wildman–Crippen MR) is 147 cm³/mol. The lowest BCUT2D eigenvalue weighted by molar-refractivity contribution is -0.138. The number of alkyl halides is 3. The molecule has 0 radical (unpaired) electrons. The SMILES string of the molecule is O=C(Nc1ccc(CN2CCN(c3nccc(Nc4cc(C5CC5)[nH]n4)n3)CC2)cc1)c1ncccc1C(F)(F)F. The zero-order chi connectivity index (χ0) is 28.4. The van der Waals surface area contributed by atoms with Crippen molar-refractivity contribution in [2.24, 2.45) is 0 Å². The number of H-pyrrole nitrogens is 1. The minimum absolute atomic E-state index is 0.395. The first kappa shape index (κ1) is 26.7. The summed E-state index contributed by atoms with van der Waals surface area (Å²) in [5.74, 6) is 1.79. The number of nitrogens with zero attached hydrogens (tertiary/aromatic N) is 6. The molecule has 0 atom stereocenters. The van der Waals surface area contributed by atoms with E-state index in [-0.39, 0.29) is 0 Å². The van der Waals surface area contributed by atoms with Gasteiger partial charge >= 0.3 is 6.18 Å². The summed E-state index contributed by atoms with van der Waals surface area (Å²) in [6, 6.07) is 12.9. The van der Waals surface area contributed by atoms with Crippen LogP contribution in [-0.2, 0) is 12.7 Å². The number of carbonyl (C=O) groups excluding carboxylic acids is 1. The molecule has 4 aromatic rings. The Labute approximate surface area is 234 Å². The Morgan fingerprint density at radius 2 is 1.76 bits per heavy atom. The number of pyridine rings is 1. The van der Waals surface area contributed by atoms with E-state index in [1.165, 1.54) is 12.8 Å². The van der Waals surface area contributed by atoms with E-state index in [1.807, 2.05) is 24.3 Å². The third kappa shape index (κ3) is 6.46. The number of rotatable bonds is 8. The molecule has 41 heavy (non-hydrogen) atoms. The fourth-order valence-electron chi connectivity index (χ4n) is 4.77. The van der Waals surface area contributed by atoms with E-state index in [9.17, 15) is 18.0 Å². The van der Waals surface area contributed by atoms with Crippen molar-refractivity contribution in [2.45, 2.75) is 31.5 Å². The molecule has 3 aromatic heterocycles. The Morgan fingerprint density at radius 3 is 2.49 bits per heavy atom. The van der Waals surface area contributed by atoms with Crippen LogP contribution in [0.3, 0.4) is 0 Å². The van der Waals surface area contributed by atoms with Crippen LogP contribution in [0.25, 0.3) is 0 Å². The molecule has 1 saturated heterocycles. The van der Waals surface area contributed by atoms with Gasteiger partial charge in [-0.2, -0.15) is 23.3 Å². The first-order valence-corrected chi connectivity index (χ1v) is 13.4. The maximum Gasteiger partial charge on any atom is 0.418 e. The molecule has 2 aliphatic rings. The summed E-state index contributed by atoms with van der Waals surface area (Å²) in [5, 5.41) is 13.2. The quantitative estimate of drug-likeness (QED) is 0.280. The third-order valence-corrected chi connectivity index (χ3v) is 7.12. The summed E-state index contributed by atoms with van der Waals surface area (Å²) in [5.41, 5.74) is 0.850. The van der Waals surface area contributed by atoms with Crippen LogP contribution in [0, 0.1) is 0 Å². The minimum Gasteiger partial charge on any atom is -0.338 e. The average Bonchev–Trinajstić information content (AvgIpc) is 3.72. The molecule has 212 valence electrons. The summed E-state index contributed by atoms with van der Waals surface area (Å²) < 4.78 is 39.7. The molecule has 1 saturated carbocycles. The fourth-order valence-corrected chi connectivity index (χ4v) is 4.77. The van der Waals surface area contributed by atoms with Crippen LogP contribution in [-0.4, -0.2) is 62.1 Å². The Bertz CT molecular complexity index is 1510. The highest BCUT2D eigenvalue weighted by Gasteiger charge is 2.36. The lowest BCUT2D eigenvalue weighted by Gasteiger charge is -2.34. The predicted octanol–water partition coefficient (Wildman–Crippen LogP) is 4.81. The van der Waals surface area contributed by atoms with Crippen LogP contribution in [0.4, 0.5) is 36.4 Å². The lowest BCUT2D eigenvalue weighted by atomic mass is 10.1. The number of piperazine rings is 1. The van der Waals surface area contributed by atoms with Gasteiger partial charge in [-0.25, -0.2) is 4.98 Å². The number of hydrogen-bond donors (Lipinski definition) is 3. The summed E-state index contributed by atoms with van der Waals surface area (Å²) in [4.78, 5) is 29.7. The summed E-state index contributed by atoms with van der Waals surface area (Å²) >= 11 is 0. The molecule has 0 spiro atoms. The van der Waals surface area contributed by atoms with E-state index in [4.69, 9.17) is 0 Å². The molecular weight excluding hydrogens is 535 g/mol. The molecule has 13 heteroatoms. The molecule has 10 nitrogen and oxygen atoms in total. The van der Waals surface area contributed by atoms with Crippen molar-refractivity contribution < 1.29 is 18.0 Å². The number of aromatic amines is 1. The second-order valence-corrected chi connectivity index (χ2v) is 10.2. The molecule has 1 aromatic carbocycles. The molecule has 1 aliphatic heterocycles. The second kappa shape index (κ2) is 11.2. The smallest absolute Gasteiger partial charge is 0.338 e. The molecule has 0 bridgehead atoms. The van der Waals surface area contributed by atoms with Crippen LogP contribution >= 0.6 is 0 Å². The van der Waals surface area contributed by atoms with E-state index in [0.717, 1.165) is 61.6 Å². The van der Waals surface area contributed by atoms with Crippen molar-refractivity contribution in [2.75, 3.05) is 41.7 Å². The number of amides is 1. The minimum atomic E-state index is -4.67. The molecule has 6 rings (SSSR count). The first-order valence-electron chi connectivity index (χ1n) is 13.4. The van der Waals surface area contributed by atoms with Gasteiger partial charge in [-0.05, 0) is 48.7 Å². The van der Waals surface area contributed by atoms with Crippen LogP contribution in [0.15, 0.2) is 60.9 Å². The van der Waals surface area contributed by atoms with Crippen LogP contribution in [0.1, 0.15) is 46.1 Å². The van der Waals surface area contributed by atoms with Crippen LogP contribution in [0.5, 0.6) is 0 Å². The summed E-state index contributed by atoms with van der Waals surface area (Å²) in [7, 11) is 0. The number of carbonyl (C=O) groups is 1. The van der Waals surface area contributed by atoms with Crippen molar-refractivity contribution in [3.63, 3.8) is 0 Å². The highest BCUT2D eigenvalue weighted by Crippen LogP contribution is 2.39. The molecule has 4 heterocycles. The van der Waals surface area contributed by atoms with E-state index in [2.05, 4.69) is 45.6 Å². The summed E-state index contributed by atoms with van der Waals surface area (Å²) in [6.45, 7) is 3.84. The number of anilines is 4. The Hall–Kier alpha value is -4.52. The standard InChI is InChI=1S/C28H28F3N9O/c29-28(30,31)21-2-1-10-32-25(21)26(41)34-20-7-3-18(4-8-20)17-39-12-14-40(15-13-39)27-33-11-9-23(36-27)35-24-16-22(37-38-24)19-5-6-19/h1-4,7-11,16,19H,5-6,12-15,17H2,(H,34,41)(H2,33,35,36,37,38). The second-order valence-electron chi connectivity index (χ2n) is 10.2. The normalized spacial score (nSPS) is 16.0. The third-order valence-electron chi connectivity index (χ3n) is 7.12. The number of aromatic nitrogens is 5. The van der Waals surface area contributed by atoms with Crippen molar-refractivity contribution in [3.8, 4) is 0 Å². The van der Waals surface area contributed by atoms with Gasteiger partial charge in [0, 0.05) is 68.5 Å². The van der Waals surface area contributed by atoms with Crippen molar-refractivity contribution in [1.29, 1.82) is 0 Å². The number of halogens is 3. The molecule has 2 fully saturated rings. The van der Waals surface area contributed by atoms with Gasteiger partial charge in [-0.15, -0.1) is 0 Å². The van der Waals surface area contributed by atoms with Crippen molar-refractivity contribution >= 4 is 29.2 Å². The average molecular weight is 564 g/mol. The van der Waals surface area contributed by atoms with Gasteiger partial charge in [-0.3, -0.25) is 19.8 Å². The molecule has 3 N–H and O–H groups in total. The first-order chi connectivity index (χ1) is 19.8. The Kier molecular flexibility index (Phi) is 7.26. The number of benzene rings is 1. The summed E-state index contributed by atoms with van der Waals surface area (Å²) in [6.07, 6.45) is 0.648. The van der Waals surface area contributed by atoms with Gasteiger partial charge in [0.15, 0.2) is 5.82 Å². The Morgan fingerprint density at radius 1 is 0.976 bits per heavy atom. The van der Waals surface area contributed by atoms with Crippen LogP contribution in [0.2, 0.25) is 0 Å². The van der Waals surface area contributed by atoms with E-state index >= 15 is 0 Å². The highest BCUT2D eigenvalue weighted by atomic mass is 19.4. The van der Waals surface area contributed by atoms with Gasteiger partial charge in [0.25, 0.3) is 5.91 Å². The zero-order valence-electron chi connectivity index (χ0n) is 22.0. The highest BCUT2D eigenvalue weighted by molar-refractivity contribution is 6.04. The van der Waals surface area contributed by atoms with Gasteiger partial charge in [0.2, 0.25) is 5.95 Å². The van der Waals surface area contributed by atoms with E-state index in [0.29, 0.717) is 29.9 Å². The molecule has 1 amide bonds. The molecule has 0 unspecified atom stereocenters. The van der Waals surface area contributed by atoms with Gasteiger partial charge in [0.1, 0.15) is 11.5 Å².